The van der Waals surface area contributed by atoms with Crippen molar-refractivity contribution in [2.45, 2.75) is 13.8 Å². The van der Waals surface area contributed by atoms with Crippen molar-refractivity contribution in [3.8, 4) is 0 Å². The van der Waals surface area contributed by atoms with Crippen LogP contribution < -0.4 is 4.90 Å². The van der Waals surface area contributed by atoms with Crippen LogP contribution in [0.25, 0.3) is 0 Å². The van der Waals surface area contributed by atoms with Crippen molar-refractivity contribution in [2.75, 3.05) is 11.4 Å². The molecule has 0 saturated heterocycles. The summed E-state index contributed by atoms with van der Waals surface area (Å²) in [5.41, 5.74) is 2.69. The molecule has 1 N–H and O–H groups in total. The molecule has 21 heavy (non-hydrogen) atoms. The van der Waals surface area contributed by atoms with Crippen LogP contribution in [0.15, 0.2) is 30.5 Å². The first-order chi connectivity index (χ1) is 9.90. The normalized spacial score (nSPS) is 10.4. The van der Waals surface area contributed by atoms with Gasteiger partial charge in [0.1, 0.15) is 6.54 Å². The molecule has 1 aromatic heterocycles. The molecule has 1 heterocycles. The summed E-state index contributed by atoms with van der Waals surface area (Å²) >= 11 is 0. The van der Waals surface area contributed by atoms with E-state index in [1.807, 2.05) is 19.1 Å². The number of hydrogen-bond acceptors (Lipinski definition) is 3. The lowest BCUT2D eigenvalue weighted by atomic mass is 10.1. The topological polar surface area (TPSA) is 75.4 Å². The van der Waals surface area contributed by atoms with Gasteiger partial charge in [-0.2, -0.15) is 5.10 Å². The van der Waals surface area contributed by atoms with Gasteiger partial charge in [-0.25, -0.2) is 0 Å². The summed E-state index contributed by atoms with van der Waals surface area (Å²) in [5.74, 6) is -1.43. The van der Waals surface area contributed by atoms with Crippen LogP contribution in [0, 0.1) is 13.8 Å². The summed E-state index contributed by atoms with van der Waals surface area (Å²) in [6.45, 7) is 3.31. The van der Waals surface area contributed by atoms with Gasteiger partial charge in [0.05, 0.1) is 11.8 Å². The van der Waals surface area contributed by atoms with Crippen LogP contribution in [0.5, 0.6) is 0 Å². The third-order valence-corrected chi connectivity index (χ3v) is 3.35. The van der Waals surface area contributed by atoms with Gasteiger partial charge < -0.3 is 5.11 Å². The van der Waals surface area contributed by atoms with Crippen molar-refractivity contribution in [2.24, 2.45) is 7.05 Å². The molecule has 0 atom stereocenters. The summed E-state index contributed by atoms with van der Waals surface area (Å²) < 4.78 is 1.58. The molecule has 0 aliphatic heterocycles. The highest BCUT2D eigenvalue weighted by Gasteiger charge is 2.23. The van der Waals surface area contributed by atoms with Gasteiger partial charge in [0.25, 0.3) is 5.91 Å². The standard InChI is InChI=1S/C15H17N3O3/c1-10-4-6-12(7-5-10)18(9-14(19)20)15(21)13-8-16-17(3)11(13)2/h4-8H,9H2,1-3H3,(H,19,20). The second-order valence-electron chi connectivity index (χ2n) is 4.89. The number of amides is 1. The number of aryl methyl sites for hydroxylation is 2. The van der Waals surface area contributed by atoms with E-state index in [2.05, 4.69) is 5.10 Å². The lowest BCUT2D eigenvalue weighted by Gasteiger charge is -2.21. The fraction of sp³-hybridized carbons (Fsp3) is 0.267. The minimum absolute atomic E-state index is 0.369. The molecule has 1 amide bonds. The van der Waals surface area contributed by atoms with E-state index in [1.54, 1.807) is 30.8 Å². The number of rotatable bonds is 4. The third-order valence-electron chi connectivity index (χ3n) is 3.35. The number of carboxylic acid groups (broad SMARTS) is 1. The largest absolute Gasteiger partial charge is 0.480 e. The lowest BCUT2D eigenvalue weighted by Crippen LogP contribution is -2.36. The van der Waals surface area contributed by atoms with Crippen LogP contribution in [0.4, 0.5) is 5.69 Å². The van der Waals surface area contributed by atoms with Crippen LogP contribution in [0.3, 0.4) is 0 Å². The van der Waals surface area contributed by atoms with Crippen molar-refractivity contribution in [1.29, 1.82) is 0 Å². The van der Waals surface area contributed by atoms with Gasteiger partial charge in [-0.05, 0) is 26.0 Å². The highest BCUT2D eigenvalue weighted by Crippen LogP contribution is 2.19. The summed E-state index contributed by atoms with van der Waals surface area (Å²) in [7, 11) is 1.74. The van der Waals surface area contributed by atoms with Crippen molar-refractivity contribution < 1.29 is 14.7 Å². The zero-order valence-corrected chi connectivity index (χ0v) is 12.2. The maximum atomic E-state index is 12.6. The molecule has 0 bridgehead atoms. The van der Waals surface area contributed by atoms with E-state index in [-0.39, 0.29) is 5.91 Å². The van der Waals surface area contributed by atoms with Crippen LogP contribution >= 0.6 is 0 Å². The van der Waals surface area contributed by atoms with Crippen LogP contribution in [0.2, 0.25) is 0 Å². The summed E-state index contributed by atoms with van der Waals surface area (Å²) in [6, 6.07) is 7.16. The smallest absolute Gasteiger partial charge is 0.323 e. The predicted octanol–water partition coefficient (Wildman–Crippen LogP) is 1.77. The molecular weight excluding hydrogens is 270 g/mol. The first-order valence-electron chi connectivity index (χ1n) is 6.49. The molecule has 6 nitrogen and oxygen atoms in total. The van der Waals surface area contributed by atoms with Crippen molar-refractivity contribution in [3.63, 3.8) is 0 Å². The van der Waals surface area contributed by atoms with E-state index in [0.717, 1.165) is 5.56 Å². The minimum Gasteiger partial charge on any atom is -0.480 e. The van der Waals surface area contributed by atoms with Crippen molar-refractivity contribution in [1.82, 2.24) is 9.78 Å². The van der Waals surface area contributed by atoms with Gasteiger partial charge in [-0.15, -0.1) is 0 Å². The SMILES string of the molecule is Cc1ccc(N(CC(=O)O)C(=O)c2cnn(C)c2C)cc1. The number of hydrogen-bond donors (Lipinski definition) is 1. The van der Waals surface area contributed by atoms with Gasteiger partial charge in [0, 0.05) is 18.4 Å². The zero-order valence-electron chi connectivity index (χ0n) is 12.2. The Hall–Kier alpha value is -2.63. The van der Waals surface area contributed by atoms with Crippen LogP contribution in [-0.2, 0) is 11.8 Å². The van der Waals surface area contributed by atoms with E-state index >= 15 is 0 Å². The number of benzene rings is 1. The monoisotopic (exact) mass is 287 g/mol. The van der Waals surface area contributed by atoms with E-state index in [4.69, 9.17) is 5.11 Å². The molecule has 2 aromatic rings. The van der Waals surface area contributed by atoms with Crippen LogP contribution in [0.1, 0.15) is 21.6 Å². The average molecular weight is 287 g/mol. The van der Waals surface area contributed by atoms with Crippen molar-refractivity contribution in [3.05, 3.63) is 47.3 Å². The van der Waals surface area contributed by atoms with E-state index < -0.39 is 12.5 Å². The molecule has 0 aliphatic carbocycles. The van der Waals surface area contributed by atoms with Crippen molar-refractivity contribution >= 4 is 17.6 Å². The number of aliphatic carboxylic acids is 1. The molecule has 110 valence electrons. The molecule has 0 aliphatic rings. The van der Waals surface area contributed by atoms with E-state index in [0.29, 0.717) is 16.9 Å². The molecule has 1 aromatic carbocycles. The number of nitrogens with zero attached hydrogens (tertiary/aromatic N) is 3. The van der Waals surface area contributed by atoms with Gasteiger partial charge >= 0.3 is 5.97 Å². The quantitative estimate of drug-likeness (QED) is 0.930. The second-order valence-corrected chi connectivity index (χ2v) is 4.89. The molecule has 2 rings (SSSR count). The van der Waals surface area contributed by atoms with Gasteiger partial charge in [-0.3, -0.25) is 19.2 Å². The van der Waals surface area contributed by atoms with Gasteiger partial charge in [0.2, 0.25) is 0 Å². The number of carbonyl (C=O) groups is 2. The molecule has 0 unspecified atom stereocenters. The number of carbonyl (C=O) groups excluding carboxylic acids is 1. The number of carboxylic acids is 1. The van der Waals surface area contributed by atoms with E-state index in [9.17, 15) is 9.59 Å². The first kappa shape index (κ1) is 14.8. The fourth-order valence-electron chi connectivity index (χ4n) is 1.99. The Labute approximate surface area is 122 Å². The number of aromatic nitrogens is 2. The van der Waals surface area contributed by atoms with E-state index in [1.165, 1.54) is 11.1 Å². The number of anilines is 1. The Morgan fingerprint density at radius 3 is 2.33 bits per heavy atom. The second kappa shape index (κ2) is 5.78. The Bertz CT molecular complexity index is 674. The molecule has 0 radical (unpaired) electrons. The molecule has 0 spiro atoms. The lowest BCUT2D eigenvalue weighted by molar-refractivity contribution is -0.135. The Morgan fingerprint density at radius 2 is 1.86 bits per heavy atom. The summed E-state index contributed by atoms with van der Waals surface area (Å²) in [6.07, 6.45) is 1.46. The molecular formula is C15H17N3O3. The Kier molecular flexibility index (Phi) is 4.07. The highest BCUT2D eigenvalue weighted by atomic mass is 16.4. The predicted molar refractivity (Wildman–Crippen MR) is 78.4 cm³/mol. The molecule has 6 heteroatoms. The maximum absolute atomic E-state index is 12.6. The maximum Gasteiger partial charge on any atom is 0.323 e. The zero-order chi connectivity index (χ0) is 15.6. The third kappa shape index (κ3) is 3.10. The minimum atomic E-state index is -1.06. The average Bonchev–Trinajstić information content (AvgIpc) is 2.77. The first-order valence-corrected chi connectivity index (χ1v) is 6.49. The molecule has 0 saturated carbocycles. The van der Waals surface area contributed by atoms with Gasteiger partial charge in [-0.1, -0.05) is 17.7 Å². The summed E-state index contributed by atoms with van der Waals surface area (Å²) in [4.78, 5) is 24.9. The fourth-order valence-corrected chi connectivity index (χ4v) is 1.99. The Balaban J connectivity index is 2.40. The van der Waals surface area contributed by atoms with Crippen LogP contribution in [-0.4, -0.2) is 33.3 Å². The van der Waals surface area contributed by atoms with Gasteiger partial charge in [0.15, 0.2) is 0 Å². The molecule has 0 fully saturated rings. The highest BCUT2D eigenvalue weighted by molar-refractivity contribution is 6.08. The Morgan fingerprint density at radius 1 is 1.24 bits per heavy atom. The summed E-state index contributed by atoms with van der Waals surface area (Å²) in [5, 5.41) is 13.1.